The molecule has 2 atom stereocenters. The summed E-state index contributed by atoms with van der Waals surface area (Å²) in [5.74, 6) is 0.240. The molecular weight excluding hydrogens is 529 g/mol. The summed E-state index contributed by atoms with van der Waals surface area (Å²) < 4.78 is 56.6. The average Bonchev–Trinajstić information content (AvgIpc) is 2.95. The van der Waals surface area contributed by atoms with Gasteiger partial charge >= 0.3 is 6.18 Å². The normalized spacial score (nSPS) is 12.9. The van der Waals surface area contributed by atoms with Gasteiger partial charge in [0.15, 0.2) is 0 Å². The Hall–Kier alpha value is -3.50. The number of ether oxygens (including phenoxy) is 1. The number of rotatable bonds is 13. The van der Waals surface area contributed by atoms with E-state index in [1.54, 1.807) is 36.4 Å². The summed E-state index contributed by atoms with van der Waals surface area (Å²) >= 11 is 0. The van der Waals surface area contributed by atoms with Crippen LogP contribution < -0.4 is 10.2 Å². The van der Waals surface area contributed by atoms with Gasteiger partial charge in [-0.1, -0.05) is 38.1 Å². The molecule has 3 aromatic carbocycles. The summed E-state index contributed by atoms with van der Waals surface area (Å²) in [5.41, 5.74) is 1.54. The first kappa shape index (κ1) is 30.0. The first-order chi connectivity index (χ1) is 18.7. The van der Waals surface area contributed by atoms with Gasteiger partial charge in [0.25, 0.3) is 5.91 Å². The molecule has 0 spiro atoms. The highest BCUT2D eigenvalue weighted by Crippen LogP contribution is 2.31. The first-order valence-corrected chi connectivity index (χ1v) is 13.8. The van der Waals surface area contributed by atoms with Gasteiger partial charge in [0, 0.05) is 35.1 Å². The van der Waals surface area contributed by atoms with Gasteiger partial charge in [0.2, 0.25) is 6.41 Å². The molecule has 0 fully saturated rings. The molecule has 0 saturated heterocycles. The van der Waals surface area contributed by atoms with Crippen LogP contribution in [-0.2, 0) is 33.1 Å². The number of carbonyl (C=O) groups excluding carboxylic acids is 2. The van der Waals surface area contributed by atoms with Crippen molar-refractivity contribution in [3.8, 4) is 0 Å². The van der Waals surface area contributed by atoms with Gasteiger partial charge in [-0.15, -0.1) is 0 Å². The molecule has 6 nitrogen and oxygen atoms in total. The number of alkyl halides is 3. The van der Waals surface area contributed by atoms with Crippen molar-refractivity contribution in [3.05, 3.63) is 95.1 Å². The van der Waals surface area contributed by atoms with Gasteiger partial charge in [-0.05, 0) is 66.1 Å². The highest BCUT2D eigenvalue weighted by molar-refractivity contribution is 7.85. The third-order valence-electron chi connectivity index (χ3n) is 5.99. The molecule has 0 aromatic heterocycles. The predicted molar refractivity (Wildman–Crippen MR) is 145 cm³/mol. The number of halogens is 3. The van der Waals surface area contributed by atoms with Crippen molar-refractivity contribution in [3.63, 3.8) is 0 Å². The summed E-state index contributed by atoms with van der Waals surface area (Å²) in [7, 11) is -1.03. The molecule has 0 aliphatic heterocycles. The van der Waals surface area contributed by atoms with Crippen LogP contribution in [0.4, 0.5) is 18.9 Å². The van der Waals surface area contributed by atoms with Crippen LogP contribution in [0.2, 0.25) is 0 Å². The van der Waals surface area contributed by atoms with Crippen molar-refractivity contribution in [2.75, 3.05) is 23.8 Å². The van der Waals surface area contributed by atoms with Crippen LogP contribution in [0.3, 0.4) is 0 Å². The molecule has 2 unspecified atom stereocenters. The van der Waals surface area contributed by atoms with Crippen LogP contribution in [0.25, 0.3) is 0 Å². The minimum atomic E-state index is -4.44. The van der Waals surface area contributed by atoms with Crippen molar-refractivity contribution in [1.29, 1.82) is 0 Å². The summed E-state index contributed by atoms with van der Waals surface area (Å²) in [6.45, 7) is 4.51. The molecule has 3 rings (SSSR count). The minimum Gasteiger partial charge on any atom is -0.372 e. The fraction of sp³-hybridized carbons (Fsp3) is 0.310. The van der Waals surface area contributed by atoms with Crippen molar-refractivity contribution in [2.45, 2.75) is 44.0 Å². The van der Waals surface area contributed by atoms with Crippen LogP contribution in [0.5, 0.6) is 0 Å². The van der Waals surface area contributed by atoms with Crippen LogP contribution in [0, 0.1) is 0 Å². The van der Waals surface area contributed by atoms with E-state index >= 15 is 0 Å². The SMILES string of the molecule is CCCOC(CN(C=O)c1ccc(C(=O)NCc2ccc(S(=O)CC)cc2)cc1)c1ccc(C(F)(F)F)cc1. The van der Waals surface area contributed by atoms with Crippen LogP contribution in [0.15, 0.2) is 77.7 Å². The number of anilines is 1. The second kappa shape index (κ2) is 14.0. The van der Waals surface area contributed by atoms with Gasteiger partial charge in [-0.2, -0.15) is 13.2 Å². The Balaban J connectivity index is 1.65. The maximum Gasteiger partial charge on any atom is 0.416 e. The van der Waals surface area contributed by atoms with Gasteiger partial charge in [0.1, 0.15) is 6.10 Å². The van der Waals surface area contributed by atoms with Gasteiger partial charge in [-0.3, -0.25) is 13.8 Å². The molecule has 0 aliphatic rings. The summed E-state index contributed by atoms with van der Waals surface area (Å²) in [6.07, 6.45) is -3.76. The number of nitrogens with zero attached hydrogens (tertiary/aromatic N) is 1. The van der Waals surface area contributed by atoms with Crippen molar-refractivity contribution >= 4 is 28.8 Å². The average molecular weight is 561 g/mol. The maximum atomic E-state index is 13.0. The standard InChI is InChI=1S/C29H31F3N2O4S/c1-3-17-38-27(22-7-11-24(12-8-22)29(30,31)32)19-34(20-35)25-13-9-23(10-14-25)28(36)33-18-21-5-15-26(16-6-21)39(37)4-2/h5-16,20,27H,3-4,17-19H2,1-2H3,(H,33,36). The molecule has 0 heterocycles. The Morgan fingerprint density at radius 2 is 1.64 bits per heavy atom. The van der Waals surface area contributed by atoms with Crippen molar-refractivity contribution in [1.82, 2.24) is 5.32 Å². The van der Waals surface area contributed by atoms with E-state index in [0.29, 0.717) is 48.5 Å². The quantitative estimate of drug-likeness (QED) is 0.265. The number of hydrogen-bond acceptors (Lipinski definition) is 4. The Morgan fingerprint density at radius 3 is 2.18 bits per heavy atom. The van der Waals surface area contributed by atoms with E-state index in [4.69, 9.17) is 4.74 Å². The zero-order valence-electron chi connectivity index (χ0n) is 21.7. The predicted octanol–water partition coefficient (Wildman–Crippen LogP) is 5.89. The molecule has 10 heteroatoms. The molecule has 0 bridgehead atoms. The lowest BCUT2D eigenvalue weighted by molar-refractivity contribution is -0.137. The Bertz CT molecular complexity index is 1250. The summed E-state index contributed by atoms with van der Waals surface area (Å²) in [5, 5.41) is 2.83. The topological polar surface area (TPSA) is 75.7 Å². The molecule has 1 N–H and O–H groups in total. The largest absolute Gasteiger partial charge is 0.416 e. The lowest BCUT2D eigenvalue weighted by Crippen LogP contribution is -2.29. The molecule has 0 radical (unpaired) electrons. The Kier molecular flexibility index (Phi) is 10.8. The van der Waals surface area contributed by atoms with Gasteiger partial charge in [-0.25, -0.2) is 0 Å². The van der Waals surface area contributed by atoms with Crippen LogP contribution in [-0.4, -0.2) is 35.4 Å². The van der Waals surface area contributed by atoms with Crippen molar-refractivity contribution in [2.24, 2.45) is 0 Å². The monoisotopic (exact) mass is 560 g/mol. The van der Waals surface area contributed by atoms with Crippen LogP contribution in [0.1, 0.15) is 53.4 Å². The van der Waals surface area contributed by atoms with Crippen LogP contribution >= 0.6 is 0 Å². The number of benzene rings is 3. The first-order valence-electron chi connectivity index (χ1n) is 12.5. The molecule has 0 saturated carbocycles. The second-order valence-corrected chi connectivity index (χ2v) is 10.5. The molecule has 2 amide bonds. The number of amides is 2. The highest BCUT2D eigenvalue weighted by Gasteiger charge is 2.30. The molecule has 208 valence electrons. The number of carbonyl (C=O) groups is 2. The van der Waals surface area contributed by atoms with E-state index in [0.717, 1.165) is 22.6 Å². The zero-order chi connectivity index (χ0) is 28.4. The lowest BCUT2D eigenvalue weighted by atomic mass is 10.1. The van der Waals surface area contributed by atoms with E-state index in [2.05, 4.69) is 5.32 Å². The lowest BCUT2D eigenvalue weighted by Gasteiger charge is -2.25. The summed E-state index contributed by atoms with van der Waals surface area (Å²) in [6, 6.07) is 18.4. The minimum absolute atomic E-state index is 0.0826. The molecule has 3 aromatic rings. The third-order valence-corrected chi connectivity index (χ3v) is 7.31. The second-order valence-electron chi connectivity index (χ2n) is 8.74. The highest BCUT2D eigenvalue weighted by atomic mass is 32.2. The van der Waals surface area contributed by atoms with Crippen molar-refractivity contribution < 1.29 is 31.7 Å². The fourth-order valence-electron chi connectivity index (χ4n) is 3.80. The Labute approximate surface area is 228 Å². The smallest absolute Gasteiger partial charge is 0.372 e. The molecule has 0 aliphatic carbocycles. The Morgan fingerprint density at radius 1 is 1.00 bits per heavy atom. The fourth-order valence-corrected chi connectivity index (χ4v) is 4.58. The molecule has 39 heavy (non-hydrogen) atoms. The third kappa shape index (κ3) is 8.49. The summed E-state index contributed by atoms with van der Waals surface area (Å²) in [4.78, 5) is 26.7. The van der Waals surface area contributed by atoms with E-state index < -0.39 is 28.6 Å². The zero-order valence-corrected chi connectivity index (χ0v) is 22.6. The number of nitrogens with one attached hydrogen (secondary N) is 1. The van der Waals surface area contributed by atoms with Gasteiger partial charge < -0.3 is 15.0 Å². The van der Waals surface area contributed by atoms with E-state index in [1.807, 2.05) is 26.0 Å². The molecular formula is C29H31F3N2O4S. The van der Waals surface area contributed by atoms with E-state index in [9.17, 15) is 27.0 Å². The maximum absolute atomic E-state index is 13.0. The van der Waals surface area contributed by atoms with Gasteiger partial charge in [0.05, 0.1) is 22.9 Å². The van der Waals surface area contributed by atoms with E-state index in [1.165, 1.54) is 17.0 Å². The van der Waals surface area contributed by atoms with E-state index in [-0.39, 0.29) is 12.5 Å². The number of hydrogen-bond donors (Lipinski definition) is 1.